The monoisotopic (exact) mass is 265 g/mol. The molecular weight excluding hydrogens is 234 g/mol. The minimum atomic E-state index is 0.338. The van der Waals surface area contributed by atoms with Gasteiger partial charge < -0.3 is 4.90 Å². The van der Waals surface area contributed by atoms with Gasteiger partial charge in [-0.2, -0.15) is 0 Å². The second-order valence-corrected chi connectivity index (χ2v) is 6.74. The first-order valence-corrected chi connectivity index (χ1v) is 8.48. The second kappa shape index (κ2) is 7.42. The zero-order valence-electron chi connectivity index (χ0n) is 12.9. The van der Waals surface area contributed by atoms with Crippen molar-refractivity contribution in [3.05, 3.63) is 0 Å². The minimum Gasteiger partial charge on any atom is -0.303 e. The lowest BCUT2D eigenvalue weighted by Gasteiger charge is -2.35. The highest BCUT2D eigenvalue weighted by Gasteiger charge is 2.30. The van der Waals surface area contributed by atoms with Crippen LogP contribution in [0.4, 0.5) is 0 Å². The average molecular weight is 265 g/mol. The van der Waals surface area contributed by atoms with Crippen molar-refractivity contribution in [3.63, 3.8) is 0 Å². The van der Waals surface area contributed by atoms with E-state index >= 15 is 0 Å². The van der Waals surface area contributed by atoms with E-state index in [1.807, 2.05) is 0 Å². The third-order valence-electron chi connectivity index (χ3n) is 5.24. The first-order valence-electron chi connectivity index (χ1n) is 8.48. The van der Waals surface area contributed by atoms with Crippen LogP contribution in [-0.2, 0) is 4.79 Å². The standard InChI is InChI=1S/C17H31NO/c1-3-6-14-9-10-17(19)16(11-14)13-18(4-2)12-15-7-5-8-15/h14-16H,3-13H2,1-2H3. The number of carbonyl (C=O) groups excluding carboxylic acids is 1. The van der Waals surface area contributed by atoms with Gasteiger partial charge in [-0.1, -0.05) is 33.1 Å². The maximum atomic E-state index is 12.1. The predicted molar refractivity (Wildman–Crippen MR) is 80.2 cm³/mol. The van der Waals surface area contributed by atoms with Crippen molar-refractivity contribution in [1.82, 2.24) is 4.90 Å². The van der Waals surface area contributed by atoms with Crippen LogP contribution in [0.15, 0.2) is 0 Å². The highest BCUT2D eigenvalue weighted by molar-refractivity contribution is 5.81. The molecule has 0 amide bonds. The van der Waals surface area contributed by atoms with E-state index in [0.29, 0.717) is 11.7 Å². The molecule has 2 aliphatic rings. The third kappa shape index (κ3) is 4.30. The lowest BCUT2D eigenvalue weighted by molar-refractivity contribution is -0.126. The van der Waals surface area contributed by atoms with Gasteiger partial charge in [-0.25, -0.2) is 0 Å². The van der Waals surface area contributed by atoms with Gasteiger partial charge in [0.05, 0.1) is 0 Å². The van der Waals surface area contributed by atoms with E-state index in [1.54, 1.807) is 0 Å². The summed E-state index contributed by atoms with van der Waals surface area (Å²) in [7, 11) is 0. The Labute approximate surface area is 118 Å². The van der Waals surface area contributed by atoms with E-state index in [9.17, 15) is 4.79 Å². The Bertz CT molecular complexity index is 285. The van der Waals surface area contributed by atoms with Crippen LogP contribution >= 0.6 is 0 Å². The number of nitrogens with zero attached hydrogens (tertiary/aromatic N) is 1. The maximum Gasteiger partial charge on any atom is 0.137 e. The normalized spacial score (nSPS) is 28.7. The van der Waals surface area contributed by atoms with Crippen LogP contribution in [0.2, 0.25) is 0 Å². The minimum absolute atomic E-state index is 0.338. The van der Waals surface area contributed by atoms with Gasteiger partial charge in [-0.15, -0.1) is 0 Å². The Morgan fingerprint density at radius 3 is 2.47 bits per heavy atom. The lowest BCUT2D eigenvalue weighted by atomic mass is 9.78. The summed E-state index contributed by atoms with van der Waals surface area (Å²) in [6.45, 7) is 7.89. The second-order valence-electron chi connectivity index (χ2n) is 6.74. The predicted octanol–water partition coefficient (Wildman–Crippen LogP) is 3.89. The number of rotatable bonds is 7. The zero-order chi connectivity index (χ0) is 13.7. The highest BCUT2D eigenvalue weighted by Crippen LogP contribution is 2.31. The van der Waals surface area contributed by atoms with Crippen molar-refractivity contribution in [2.45, 2.75) is 65.2 Å². The van der Waals surface area contributed by atoms with Crippen molar-refractivity contribution in [1.29, 1.82) is 0 Å². The van der Waals surface area contributed by atoms with E-state index in [-0.39, 0.29) is 0 Å². The van der Waals surface area contributed by atoms with E-state index in [0.717, 1.165) is 44.2 Å². The van der Waals surface area contributed by atoms with Crippen molar-refractivity contribution in [2.75, 3.05) is 19.6 Å². The van der Waals surface area contributed by atoms with Gasteiger partial charge in [-0.3, -0.25) is 4.79 Å². The van der Waals surface area contributed by atoms with Crippen molar-refractivity contribution in [2.24, 2.45) is 17.8 Å². The fourth-order valence-corrected chi connectivity index (χ4v) is 3.73. The molecule has 0 aliphatic heterocycles. The zero-order valence-corrected chi connectivity index (χ0v) is 12.9. The quantitative estimate of drug-likeness (QED) is 0.696. The van der Waals surface area contributed by atoms with E-state index in [2.05, 4.69) is 18.7 Å². The summed E-state index contributed by atoms with van der Waals surface area (Å²) in [5, 5.41) is 0. The largest absolute Gasteiger partial charge is 0.303 e. The molecule has 0 saturated heterocycles. The Morgan fingerprint density at radius 1 is 1.11 bits per heavy atom. The van der Waals surface area contributed by atoms with E-state index in [1.165, 1.54) is 38.6 Å². The Morgan fingerprint density at radius 2 is 1.89 bits per heavy atom. The van der Waals surface area contributed by atoms with Gasteiger partial charge in [0.2, 0.25) is 0 Å². The molecule has 2 heteroatoms. The summed E-state index contributed by atoms with van der Waals surface area (Å²) < 4.78 is 0. The molecule has 0 spiro atoms. The molecule has 0 aromatic heterocycles. The van der Waals surface area contributed by atoms with Crippen LogP contribution in [-0.4, -0.2) is 30.3 Å². The molecule has 2 saturated carbocycles. The average Bonchev–Trinajstić information content (AvgIpc) is 2.36. The Kier molecular flexibility index (Phi) is 5.87. The molecule has 0 aromatic rings. The topological polar surface area (TPSA) is 20.3 Å². The van der Waals surface area contributed by atoms with Crippen LogP contribution in [0.1, 0.15) is 65.2 Å². The van der Waals surface area contributed by atoms with Crippen LogP contribution in [0.5, 0.6) is 0 Å². The summed E-state index contributed by atoms with van der Waals surface area (Å²) in [5.74, 6) is 2.62. The summed E-state index contributed by atoms with van der Waals surface area (Å²) in [5.41, 5.74) is 0. The molecule has 2 aliphatic carbocycles. The Balaban J connectivity index is 1.81. The number of ketones is 1. The summed E-state index contributed by atoms with van der Waals surface area (Å²) >= 11 is 0. The van der Waals surface area contributed by atoms with E-state index in [4.69, 9.17) is 0 Å². The van der Waals surface area contributed by atoms with E-state index < -0.39 is 0 Å². The van der Waals surface area contributed by atoms with Crippen molar-refractivity contribution < 1.29 is 4.79 Å². The molecule has 110 valence electrons. The molecule has 2 rings (SSSR count). The molecule has 2 nitrogen and oxygen atoms in total. The number of Topliss-reactive ketones (excluding diaryl/α,β-unsaturated/α-hetero) is 1. The summed E-state index contributed by atoms with van der Waals surface area (Å²) in [4.78, 5) is 14.7. The molecule has 2 atom stereocenters. The molecule has 0 radical (unpaired) electrons. The third-order valence-corrected chi connectivity index (χ3v) is 5.24. The van der Waals surface area contributed by atoms with Crippen LogP contribution < -0.4 is 0 Å². The number of hydrogen-bond acceptors (Lipinski definition) is 2. The van der Waals surface area contributed by atoms with Crippen molar-refractivity contribution >= 4 is 5.78 Å². The van der Waals surface area contributed by atoms with Crippen LogP contribution in [0, 0.1) is 17.8 Å². The van der Waals surface area contributed by atoms with Crippen LogP contribution in [0.25, 0.3) is 0 Å². The number of carbonyl (C=O) groups is 1. The molecule has 2 unspecified atom stereocenters. The van der Waals surface area contributed by atoms with Gasteiger partial charge in [0.1, 0.15) is 5.78 Å². The fourth-order valence-electron chi connectivity index (χ4n) is 3.73. The highest BCUT2D eigenvalue weighted by atomic mass is 16.1. The fraction of sp³-hybridized carbons (Fsp3) is 0.941. The summed E-state index contributed by atoms with van der Waals surface area (Å²) in [6.07, 6.45) is 9.98. The lowest BCUT2D eigenvalue weighted by Crippen LogP contribution is -2.40. The molecule has 0 N–H and O–H groups in total. The molecule has 0 heterocycles. The van der Waals surface area contributed by atoms with Gasteiger partial charge in [-0.05, 0) is 44.1 Å². The first kappa shape index (κ1) is 15.0. The molecular formula is C17H31NO. The van der Waals surface area contributed by atoms with Gasteiger partial charge in [0.15, 0.2) is 0 Å². The molecule has 0 aromatic carbocycles. The summed E-state index contributed by atoms with van der Waals surface area (Å²) in [6, 6.07) is 0. The van der Waals surface area contributed by atoms with Crippen LogP contribution in [0.3, 0.4) is 0 Å². The molecule has 19 heavy (non-hydrogen) atoms. The molecule has 0 bridgehead atoms. The Hall–Kier alpha value is -0.370. The SMILES string of the molecule is CCCC1CCC(=O)C(CN(CC)CC2CCC2)C1. The number of hydrogen-bond donors (Lipinski definition) is 0. The molecule has 2 fully saturated rings. The smallest absolute Gasteiger partial charge is 0.137 e. The van der Waals surface area contributed by atoms with Gasteiger partial charge in [0.25, 0.3) is 0 Å². The van der Waals surface area contributed by atoms with Gasteiger partial charge in [0, 0.05) is 25.4 Å². The van der Waals surface area contributed by atoms with Crippen molar-refractivity contribution in [3.8, 4) is 0 Å². The van der Waals surface area contributed by atoms with Gasteiger partial charge >= 0.3 is 0 Å². The first-order chi connectivity index (χ1) is 9.22. The maximum absolute atomic E-state index is 12.1.